The van der Waals surface area contributed by atoms with Crippen LogP contribution in [0.2, 0.25) is 0 Å². The topological polar surface area (TPSA) is 29.1 Å². The molecule has 3 heteroatoms. The van der Waals surface area contributed by atoms with Crippen molar-refractivity contribution >= 4 is 21.8 Å². The van der Waals surface area contributed by atoms with E-state index in [1.165, 1.54) is 0 Å². The highest BCUT2D eigenvalue weighted by molar-refractivity contribution is 9.11. The Morgan fingerprint density at radius 3 is 2.69 bits per heavy atom. The number of amides is 1. The summed E-state index contributed by atoms with van der Waals surface area (Å²) in [5.41, 5.74) is 1.86. The van der Waals surface area contributed by atoms with Crippen molar-refractivity contribution in [3.8, 4) is 0 Å². The molecular weight excluding hydrogens is 266 g/mol. The van der Waals surface area contributed by atoms with Crippen molar-refractivity contribution in [2.75, 3.05) is 0 Å². The van der Waals surface area contributed by atoms with Crippen molar-refractivity contribution in [2.24, 2.45) is 0 Å². The standard InChI is InChI=1S/C11H10BrNO.C2H6/c1-7-5-8-6-9(12)3-2-4-10(8)13-11(7)14;1-2/h2-6,10H,1H3,(H,13,14);1-2H3. The van der Waals surface area contributed by atoms with Crippen LogP contribution in [0.25, 0.3) is 0 Å². The molecule has 0 bridgehead atoms. The van der Waals surface area contributed by atoms with E-state index in [2.05, 4.69) is 21.2 Å². The molecule has 0 aromatic carbocycles. The minimum absolute atomic E-state index is 0.00909. The number of fused-ring (bicyclic) bond motifs is 1. The van der Waals surface area contributed by atoms with Crippen LogP contribution in [0.5, 0.6) is 0 Å². The lowest BCUT2D eigenvalue weighted by atomic mass is 9.99. The van der Waals surface area contributed by atoms with Crippen molar-refractivity contribution in [1.29, 1.82) is 0 Å². The third kappa shape index (κ3) is 2.95. The zero-order valence-corrected chi connectivity index (χ0v) is 11.3. The second kappa shape index (κ2) is 5.85. The summed E-state index contributed by atoms with van der Waals surface area (Å²) in [4.78, 5) is 11.4. The summed E-state index contributed by atoms with van der Waals surface area (Å²) < 4.78 is 1.02. The second-order valence-corrected chi connectivity index (χ2v) is 4.27. The Hall–Kier alpha value is -1.09. The van der Waals surface area contributed by atoms with Gasteiger partial charge in [0.05, 0.1) is 6.04 Å². The van der Waals surface area contributed by atoms with Crippen molar-refractivity contribution in [3.63, 3.8) is 0 Å². The Morgan fingerprint density at radius 2 is 2.00 bits per heavy atom. The van der Waals surface area contributed by atoms with Crippen molar-refractivity contribution in [2.45, 2.75) is 26.8 Å². The molecule has 1 heterocycles. The van der Waals surface area contributed by atoms with Crippen LogP contribution in [0.3, 0.4) is 0 Å². The number of nitrogens with one attached hydrogen (secondary N) is 1. The first kappa shape index (κ1) is 13.0. The average molecular weight is 282 g/mol. The lowest BCUT2D eigenvalue weighted by molar-refractivity contribution is -0.117. The normalized spacial score (nSPS) is 22.6. The molecule has 0 aromatic rings. The van der Waals surface area contributed by atoms with Crippen LogP contribution in [0.1, 0.15) is 20.8 Å². The number of carbonyl (C=O) groups excluding carboxylic acids is 1. The summed E-state index contributed by atoms with van der Waals surface area (Å²) in [5, 5.41) is 2.91. The minimum Gasteiger partial charge on any atom is -0.342 e. The molecule has 16 heavy (non-hydrogen) atoms. The van der Waals surface area contributed by atoms with Crippen LogP contribution < -0.4 is 5.32 Å². The molecule has 0 saturated heterocycles. The van der Waals surface area contributed by atoms with Gasteiger partial charge in [-0.2, -0.15) is 0 Å². The Morgan fingerprint density at radius 1 is 1.31 bits per heavy atom. The molecule has 86 valence electrons. The SMILES string of the molecule is CC.CC1=CC2=CC(Br)=CC=CC2NC1=O. The van der Waals surface area contributed by atoms with Gasteiger partial charge in [0.2, 0.25) is 5.91 Å². The first-order valence-corrected chi connectivity index (χ1v) is 6.21. The maximum atomic E-state index is 11.4. The van der Waals surface area contributed by atoms with Gasteiger partial charge < -0.3 is 5.32 Å². The van der Waals surface area contributed by atoms with Gasteiger partial charge in [0.1, 0.15) is 0 Å². The Bertz CT molecular complexity index is 402. The van der Waals surface area contributed by atoms with Crippen LogP contribution in [0, 0.1) is 0 Å². The summed E-state index contributed by atoms with van der Waals surface area (Å²) in [5.74, 6) is 0.00909. The van der Waals surface area contributed by atoms with Crippen molar-refractivity contribution in [3.05, 3.63) is 46.0 Å². The van der Waals surface area contributed by atoms with Gasteiger partial charge in [0.15, 0.2) is 0 Å². The molecule has 2 aliphatic rings. The summed E-state index contributed by atoms with van der Waals surface area (Å²) in [6.45, 7) is 5.82. The molecule has 0 spiro atoms. The molecule has 1 N–H and O–H groups in total. The summed E-state index contributed by atoms with van der Waals surface area (Å²) >= 11 is 3.43. The molecule has 1 aliphatic carbocycles. The summed E-state index contributed by atoms with van der Waals surface area (Å²) in [6.07, 6.45) is 9.82. The zero-order valence-electron chi connectivity index (χ0n) is 9.75. The van der Waals surface area contributed by atoms with Crippen LogP contribution in [-0.4, -0.2) is 11.9 Å². The molecule has 0 saturated carbocycles. The first-order chi connectivity index (χ1) is 7.66. The Labute approximate surface area is 105 Å². The monoisotopic (exact) mass is 281 g/mol. The number of carbonyl (C=O) groups is 1. The zero-order chi connectivity index (χ0) is 12.1. The fraction of sp³-hybridized carbons (Fsp3) is 0.308. The average Bonchev–Trinajstić information content (AvgIpc) is 2.43. The predicted octanol–water partition coefficient (Wildman–Crippen LogP) is 3.23. The molecule has 2 nitrogen and oxygen atoms in total. The first-order valence-electron chi connectivity index (χ1n) is 5.41. The highest BCUT2D eigenvalue weighted by Gasteiger charge is 2.20. The summed E-state index contributed by atoms with van der Waals surface area (Å²) in [7, 11) is 0. The molecule has 0 radical (unpaired) electrons. The summed E-state index contributed by atoms with van der Waals surface area (Å²) in [6, 6.07) is 0.0116. The van der Waals surface area contributed by atoms with E-state index in [1.54, 1.807) is 0 Å². The van der Waals surface area contributed by atoms with Gasteiger partial charge in [-0.25, -0.2) is 0 Å². The third-order valence-electron chi connectivity index (χ3n) is 2.25. The smallest absolute Gasteiger partial charge is 0.247 e. The van der Waals surface area contributed by atoms with Gasteiger partial charge in [-0.3, -0.25) is 4.79 Å². The fourth-order valence-electron chi connectivity index (χ4n) is 1.50. The molecule has 1 aliphatic heterocycles. The molecule has 2 rings (SSSR count). The van der Waals surface area contributed by atoms with E-state index < -0.39 is 0 Å². The number of allylic oxidation sites excluding steroid dienone is 4. The van der Waals surface area contributed by atoms with Crippen LogP contribution in [-0.2, 0) is 4.79 Å². The molecule has 1 amide bonds. The van der Waals surface area contributed by atoms with E-state index in [0.29, 0.717) is 0 Å². The van der Waals surface area contributed by atoms with Gasteiger partial charge in [-0.1, -0.05) is 41.9 Å². The van der Waals surface area contributed by atoms with Gasteiger partial charge in [0.25, 0.3) is 0 Å². The van der Waals surface area contributed by atoms with Gasteiger partial charge in [-0.15, -0.1) is 0 Å². The lowest BCUT2D eigenvalue weighted by Gasteiger charge is -2.21. The van der Waals surface area contributed by atoms with Gasteiger partial charge in [-0.05, 0) is 30.7 Å². The van der Waals surface area contributed by atoms with E-state index in [0.717, 1.165) is 15.6 Å². The molecule has 1 unspecified atom stereocenters. The third-order valence-corrected chi connectivity index (χ3v) is 2.74. The van der Waals surface area contributed by atoms with Crippen molar-refractivity contribution in [1.82, 2.24) is 5.32 Å². The highest BCUT2D eigenvalue weighted by Crippen LogP contribution is 2.22. The molecular formula is C13H16BrNO. The van der Waals surface area contributed by atoms with E-state index in [1.807, 2.05) is 51.2 Å². The highest BCUT2D eigenvalue weighted by atomic mass is 79.9. The number of halogens is 1. The van der Waals surface area contributed by atoms with E-state index in [9.17, 15) is 4.79 Å². The van der Waals surface area contributed by atoms with Gasteiger partial charge >= 0.3 is 0 Å². The Kier molecular flexibility index (Phi) is 4.74. The van der Waals surface area contributed by atoms with E-state index in [4.69, 9.17) is 0 Å². The molecule has 1 atom stereocenters. The fourth-order valence-corrected chi connectivity index (χ4v) is 1.92. The minimum atomic E-state index is 0.00909. The number of rotatable bonds is 0. The van der Waals surface area contributed by atoms with Crippen LogP contribution in [0.15, 0.2) is 46.0 Å². The maximum absolute atomic E-state index is 11.4. The predicted molar refractivity (Wildman–Crippen MR) is 71.3 cm³/mol. The number of hydrogen-bond acceptors (Lipinski definition) is 1. The lowest BCUT2D eigenvalue weighted by Crippen LogP contribution is -2.38. The number of hydrogen-bond donors (Lipinski definition) is 1. The van der Waals surface area contributed by atoms with Crippen LogP contribution in [0.4, 0.5) is 0 Å². The quantitative estimate of drug-likeness (QED) is 0.726. The van der Waals surface area contributed by atoms with Gasteiger partial charge in [0, 0.05) is 10.1 Å². The van der Waals surface area contributed by atoms with Crippen LogP contribution >= 0.6 is 15.9 Å². The molecule has 0 fully saturated rings. The Balaban J connectivity index is 0.000000606. The van der Waals surface area contributed by atoms with Crippen molar-refractivity contribution < 1.29 is 4.79 Å². The largest absolute Gasteiger partial charge is 0.342 e. The van der Waals surface area contributed by atoms with E-state index >= 15 is 0 Å². The van der Waals surface area contributed by atoms with E-state index in [-0.39, 0.29) is 11.9 Å². The molecule has 0 aromatic heterocycles. The maximum Gasteiger partial charge on any atom is 0.247 e. The second-order valence-electron chi connectivity index (χ2n) is 3.36.